The normalized spacial score (nSPS) is 16.2. The van der Waals surface area contributed by atoms with Crippen molar-refractivity contribution in [1.82, 2.24) is 4.90 Å². The maximum atomic E-state index is 5.29. The quantitative estimate of drug-likeness (QED) is 0.419. The van der Waals surface area contributed by atoms with Gasteiger partial charge in [-0.3, -0.25) is 0 Å². The highest BCUT2D eigenvalue weighted by Crippen LogP contribution is 2.01. The van der Waals surface area contributed by atoms with E-state index in [0.717, 1.165) is 38.3 Å². The van der Waals surface area contributed by atoms with Crippen molar-refractivity contribution in [2.24, 2.45) is 4.99 Å². The summed E-state index contributed by atoms with van der Waals surface area (Å²) in [6, 6.07) is 0. The van der Waals surface area contributed by atoms with Crippen LogP contribution in [0.3, 0.4) is 0 Å². The highest BCUT2D eigenvalue weighted by atomic mass is 79.9. The zero-order chi connectivity index (χ0) is 15.1. The molecule has 0 amide bonds. The van der Waals surface area contributed by atoms with Crippen molar-refractivity contribution in [3.8, 4) is 0 Å². The molecule has 0 saturated carbocycles. The van der Waals surface area contributed by atoms with Gasteiger partial charge >= 0.3 is 0 Å². The Hall–Kier alpha value is -1.13. The summed E-state index contributed by atoms with van der Waals surface area (Å²) in [6.45, 7) is 7.53. The van der Waals surface area contributed by atoms with Crippen LogP contribution in [-0.4, -0.2) is 50.3 Å². The Kier molecular flexibility index (Phi) is 13.5. The number of rotatable bonds is 6. The Bertz CT molecular complexity index is 353. The van der Waals surface area contributed by atoms with E-state index in [-0.39, 0.29) is 0 Å². The zero-order valence-electron chi connectivity index (χ0n) is 12.5. The number of alkyl halides is 1. The molecule has 1 aliphatic heterocycles. The van der Waals surface area contributed by atoms with E-state index in [1.807, 2.05) is 36.4 Å². The van der Waals surface area contributed by atoms with Crippen molar-refractivity contribution in [3.05, 3.63) is 48.7 Å². The van der Waals surface area contributed by atoms with Crippen LogP contribution in [0, 0.1) is 0 Å². The first kappa shape index (κ1) is 18.9. The van der Waals surface area contributed by atoms with Crippen LogP contribution in [0.5, 0.6) is 0 Å². The number of ether oxygens (including phenoxy) is 1. The second-order valence-electron chi connectivity index (χ2n) is 4.00. The van der Waals surface area contributed by atoms with Gasteiger partial charge in [0, 0.05) is 32.8 Å². The standard InChI is InChI=1S/C15H22N2O.CH3Br/c1-15(7-5-3-4-6-9-16-2)8-10-17-11-13-18-14-12-17;1-2/h3-5,7-10H,1,6,11-14H2,2H3;1H3/b4-3-,7-5-,10-8+,16-9?;. The summed E-state index contributed by atoms with van der Waals surface area (Å²) in [5.41, 5.74) is 0.996. The first-order valence-electron chi connectivity index (χ1n) is 6.63. The summed E-state index contributed by atoms with van der Waals surface area (Å²) in [7, 11) is 1.78. The van der Waals surface area contributed by atoms with E-state index in [9.17, 15) is 0 Å². The Morgan fingerprint density at radius 1 is 1.25 bits per heavy atom. The lowest BCUT2D eigenvalue weighted by atomic mass is 10.2. The molecule has 1 fully saturated rings. The van der Waals surface area contributed by atoms with Crippen LogP contribution in [0.15, 0.2) is 53.7 Å². The molecule has 0 aromatic heterocycles. The summed E-state index contributed by atoms with van der Waals surface area (Å²) in [5, 5.41) is 0. The van der Waals surface area contributed by atoms with E-state index in [2.05, 4.69) is 44.7 Å². The molecule has 0 aromatic carbocycles. The van der Waals surface area contributed by atoms with E-state index in [0.29, 0.717) is 0 Å². The monoisotopic (exact) mass is 340 g/mol. The molecule has 0 atom stereocenters. The fraction of sp³-hybridized carbons (Fsp3) is 0.438. The molecule has 3 nitrogen and oxygen atoms in total. The summed E-state index contributed by atoms with van der Waals surface area (Å²) in [5.74, 6) is 1.81. The van der Waals surface area contributed by atoms with Gasteiger partial charge in [0.25, 0.3) is 0 Å². The second-order valence-corrected chi connectivity index (χ2v) is 4.00. The van der Waals surface area contributed by atoms with Gasteiger partial charge in [0.1, 0.15) is 0 Å². The molecule has 1 aliphatic rings. The third-order valence-corrected chi connectivity index (χ3v) is 2.53. The van der Waals surface area contributed by atoms with Crippen LogP contribution in [0.1, 0.15) is 6.42 Å². The van der Waals surface area contributed by atoms with Gasteiger partial charge in [0.2, 0.25) is 0 Å². The first-order chi connectivity index (χ1) is 9.83. The number of nitrogens with zero attached hydrogens (tertiary/aromatic N) is 2. The molecule has 0 spiro atoms. The lowest BCUT2D eigenvalue weighted by Crippen LogP contribution is -2.31. The first-order valence-corrected chi connectivity index (χ1v) is 8.22. The molecule has 1 heterocycles. The minimum absolute atomic E-state index is 0.814. The zero-order valence-corrected chi connectivity index (χ0v) is 14.1. The molecule has 0 N–H and O–H groups in total. The van der Waals surface area contributed by atoms with Crippen LogP contribution in [0.25, 0.3) is 0 Å². The summed E-state index contributed by atoms with van der Waals surface area (Å²) in [6.07, 6.45) is 14.9. The Morgan fingerprint density at radius 2 is 1.95 bits per heavy atom. The van der Waals surface area contributed by atoms with Crippen molar-refractivity contribution in [2.45, 2.75) is 6.42 Å². The molecule has 112 valence electrons. The van der Waals surface area contributed by atoms with Crippen LogP contribution in [0.4, 0.5) is 0 Å². The largest absolute Gasteiger partial charge is 0.378 e. The second kappa shape index (κ2) is 14.3. The number of allylic oxidation sites excluding steroid dienone is 6. The van der Waals surface area contributed by atoms with Gasteiger partial charge in [0.15, 0.2) is 0 Å². The molecule has 1 rings (SSSR count). The topological polar surface area (TPSA) is 24.8 Å². The van der Waals surface area contributed by atoms with Crippen molar-refractivity contribution in [2.75, 3.05) is 39.2 Å². The molecule has 0 aliphatic carbocycles. The minimum Gasteiger partial charge on any atom is -0.378 e. The van der Waals surface area contributed by atoms with E-state index >= 15 is 0 Å². The Labute approximate surface area is 131 Å². The molecule has 20 heavy (non-hydrogen) atoms. The molecule has 0 unspecified atom stereocenters. The van der Waals surface area contributed by atoms with Crippen molar-refractivity contribution in [3.63, 3.8) is 0 Å². The summed E-state index contributed by atoms with van der Waals surface area (Å²) >= 11 is 2.94. The smallest absolute Gasteiger partial charge is 0.0642 e. The average molecular weight is 341 g/mol. The molecule has 0 bridgehead atoms. The highest BCUT2D eigenvalue weighted by Gasteiger charge is 2.04. The van der Waals surface area contributed by atoms with Gasteiger partial charge in [-0.1, -0.05) is 46.8 Å². The summed E-state index contributed by atoms with van der Waals surface area (Å²) in [4.78, 5) is 6.15. The lowest BCUT2D eigenvalue weighted by molar-refractivity contribution is 0.0594. The molecule has 0 aromatic rings. The third-order valence-electron chi connectivity index (χ3n) is 2.53. The molecule has 0 radical (unpaired) electrons. The number of hydrogen-bond donors (Lipinski definition) is 0. The number of aliphatic imine (C=N–C) groups is 1. The van der Waals surface area contributed by atoms with Crippen LogP contribution in [0.2, 0.25) is 0 Å². The van der Waals surface area contributed by atoms with Crippen molar-refractivity contribution < 1.29 is 4.74 Å². The number of halogens is 1. The number of hydrogen-bond acceptors (Lipinski definition) is 3. The van der Waals surface area contributed by atoms with E-state index in [1.54, 1.807) is 7.05 Å². The maximum Gasteiger partial charge on any atom is 0.0642 e. The predicted molar refractivity (Wildman–Crippen MR) is 92.8 cm³/mol. The Morgan fingerprint density at radius 3 is 2.60 bits per heavy atom. The highest BCUT2D eigenvalue weighted by molar-refractivity contribution is 9.08. The van der Waals surface area contributed by atoms with Crippen LogP contribution >= 0.6 is 15.9 Å². The van der Waals surface area contributed by atoms with Crippen LogP contribution < -0.4 is 0 Å². The van der Waals surface area contributed by atoms with Gasteiger partial charge in [-0.15, -0.1) is 0 Å². The maximum absolute atomic E-state index is 5.29. The van der Waals surface area contributed by atoms with Gasteiger partial charge in [-0.25, -0.2) is 0 Å². The van der Waals surface area contributed by atoms with E-state index in [1.165, 1.54) is 0 Å². The Balaban J connectivity index is 0.00000172. The SMILES string of the molecule is C=C(/C=C\C=C/CC=NC)/C=C/N1CCOCC1.CBr. The van der Waals surface area contributed by atoms with Crippen molar-refractivity contribution in [1.29, 1.82) is 0 Å². The van der Waals surface area contributed by atoms with Gasteiger partial charge in [0.05, 0.1) is 13.2 Å². The molecule has 1 saturated heterocycles. The predicted octanol–water partition coefficient (Wildman–Crippen LogP) is 3.60. The fourth-order valence-electron chi connectivity index (χ4n) is 1.49. The van der Waals surface area contributed by atoms with E-state index < -0.39 is 0 Å². The van der Waals surface area contributed by atoms with E-state index in [4.69, 9.17) is 4.74 Å². The molecular formula is C16H25BrN2O. The fourth-order valence-corrected chi connectivity index (χ4v) is 1.49. The molecular weight excluding hydrogens is 316 g/mol. The van der Waals surface area contributed by atoms with Gasteiger partial charge in [-0.2, -0.15) is 0 Å². The minimum atomic E-state index is 0.814. The lowest BCUT2D eigenvalue weighted by Gasteiger charge is -2.24. The van der Waals surface area contributed by atoms with Crippen molar-refractivity contribution >= 4 is 22.1 Å². The van der Waals surface area contributed by atoms with Gasteiger partial charge in [-0.05, 0) is 23.7 Å². The molecule has 4 heteroatoms. The summed E-state index contributed by atoms with van der Waals surface area (Å²) < 4.78 is 5.29. The van der Waals surface area contributed by atoms with Crippen LogP contribution in [-0.2, 0) is 4.74 Å². The third kappa shape index (κ3) is 10.8. The number of morpholine rings is 1. The van der Waals surface area contributed by atoms with Gasteiger partial charge < -0.3 is 14.6 Å². The average Bonchev–Trinajstić information content (AvgIpc) is 2.52.